The maximum absolute atomic E-state index is 12.4. The number of benzene rings is 2. The summed E-state index contributed by atoms with van der Waals surface area (Å²) < 4.78 is 27.4. The standard InChI is InChI=1S/C15H14N2O2S/c1-11-4-2-6-13(10-11)20(18,19)17-14-7-3-5-12-8-9-16-15(12)14/h2-10,16-17H,1H3. The number of aromatic nitrogens is 1. The van der Waals surface area contributed by atoms with Gasteiger partial charge >= 0.3 is 0 Å². The van der Waals surface area contributed by atoms with Crippen LogP contribution in [0.5, 0.6) is 0 Å². The minimum absolute atomic E-state index is 0.265. The lowest BCUT2D eigenvalue weighted by molar-refractivity contribution is 0.601. The molecule has 3 rings (SSSR count). The Labute approximate surface area is 117 Å². The lowest BCUT2D eigenvalue weighted by atomic mass is 10.2. The van der Waals surface area contributed by atoms with Crippen LogP contribution in [-0.2, 0) is 10.0 Å². The SMILES string of the molecule is Cc1cccc(S(=O)(=O)Nc2cccc3cc[nH]c23)c1. The highest BCUT2D eigenvalue weighted by atomic mass is 32.2. The molecule has 0 fully saturated rings. The summed E-state index contributed by atoms with van der Waals surface area (Å²) in [5, 5.41) is 0.967. The van der Waals surface area contributed by atoms with E-state index < -0.39 is 10.0 Å². The number of H-pyrrole nitrogens is 1. The number of anilines is 1. The van der Waals surface area contributed by atoms with Crippen LogP contribution in [0.1, 0.15) is 5.56 Å². The Morgan fingerprint density at radius 2 is 1.85 bits per heavy atom. The monoisotopic (exact) mass is 286 g/mol. The summed E-state index contributed by atoms with van der Waals surface area (Å²) in [6, 6.07) is 14.2. The molecule has 0 unspecified atom stereocenters. The first-order valence-corrected chi connectivity index (χ1v) is 7.70. The van der Waals surface area contributed by atoms with Gasteiger partial charge in [0.2, 0.25) is 0 Å². The Balaban J connectivity index is 2.04. The van der Waals surface area contributed by atoms with Crippen molar-refractivity contribution in [1.29, 1.82) is 0 Å². The second-order valence-corrected chi connectivity index (χ2v) is 6.35. The van der Waals surface area contributed by atoms with Gasteiger partial charge in [-0.3, -0.25) is 4.72 Å². The second kappa shape index (κ2) is 4.68. The number of aryl methyl sites for hydroxylation is 1. The molecule has 0 saturated carbocycles. The molecule has 0 radical (unpaired) electrons. The third kappa shape index (κ3) is 2.28. The van der Waals surface area contributed by atoms with Gasteiger partial charge in [-0.25, -0.2) is 8.42 Å². The molecule has 102 valence electrons. The first kappa shape index (κ1) is 12.7. The van der Waals surface area contributed by atoms with Crippen LogP contribution >= 0.6 is 0 Å². The summed E-state index contributed by atoms with van der Waals surface area (Å²) in [6.45, 7) is 1.87. The minimum Gasteiger partial charge on any atom is -0.359 e. The third-order valence-corrected chi connectivity index (χ3v) is 4.49. The van der Waals surface area contributed by atoms with Crippen molar-refractivity contribution in [2.75, 3.05) is 4.72 Å². The molecule has 1 aromatic heterocycles. The fraction of sp³-hybridized carbons (Fsp3) is 0.0667. The van der Waals surface area contributed by atoms with Gasteiger partial charge in [0.25, 0.3) is 10.0 Å². The number of fused-ring (bicyclic) bond motifs is 1. The van der Waals surface area contributed by atoms with E-state index in [1.54, 1.807) is 30.5 Å². The summed E-state index contributed by atoms with van der Waals surface area (Å²) in [6.07, 6.45) is 1.79. The van der Waals surface area contributed by atoms with Crippen molar-refractivity contribution in [3.63, 3.8) is 0 Å². The molecule has 20 heavy (non-hydrogen) atoms. The number of nitrogens with one attached hydrogen (secondary N) is 2. The highest BCUT2D eigenvalue weighted by molar-refractivity contribution is 7.92. The van der Waals surface area contributed by atoms with Crippen LogP contribution in [0.2, 0.25) is 0 Å². The van der Waals surface area contributed by atoms with E-state index >= 15 is 0 Å². The maximum Gasteiger partial charge on any atom is 0.261 e. The van der Waals surface area contributed by atoms with Crippen LogP contribution in [0.3, 0.4) is 0 Å². The molecule has 0 amide bonds. The van der Waals surface area contributed by atoms with Gasteiger partial charge in [-0.2, -0.15) is 0 Å². The van der Waals surface area contributed by atoms with E-state index in [1.807, 2.05) is 31.2 Å². The normalized spacial score (nSPS) is 11.7. The predicted molar refractivity (Wildman–Crippen MR) is 80.3 cm³/mol. The highest BCUT2D eigenvalue weighted by Crippen LogP contribution is 2.24. The van der Waals surface area contributed by atoms with Crippen molar-refractivity contribution in [2.24, 2.45) is 0 Å². The van der Waals surface area contributed by atoms with Crippen molar-refractivity contribution < 1.29 is 8.42 Å². The zero-order valence-electron chi connectivity index (χ0n) is 10.9. The molecule has 0 aliphatic carbocycles. The number of hydrogen-bond acceptors (Lipinski definition) is 2. The molecule has 5 heteroatoms. The number of aromatic amines is 1. The van der Waals surface area contributed by atoms with Crippen LogP contribution in [0, 0.1) is 6.92 Å². The van der Waals surface area contributed by atoms with Crippen molar-refractivity contribution in [1.82, 2.24) is 4.98 Å². The molecule has 0 bridgehead atoms. The summed E-state index contributed by atoms with van der Waals surface area (Å²) in [7, 11) is -3.58. The molecule has 0 aliphatic heterocycles. The first-order valence-electron chi connectivity index (χ1n) is 6.22. The van der Waals surface area contributed by atoms with Crippen molar-refractivity contribution >= 4 is 26.6 Å². The van der Waals surface area contributed by atoms with E-state index in [0.29, 0.717) is 5.69 Å². The lowest BCUT2D eigenvalue weighted by Gasteiger charge is -2.09. The van der Waals surface area contributed by atoms with Crippen molar-refractivity contribution in [2.45, 2.75) is 11.8 Å². The molecule has 2 N–H and O–H groups in total. The van der Waals surface area contributed by atoms with Gasteiger partial charge in [-0.1, -0.05) is 24.3 Å². The van der Waals surface area contributed by atoms with E-state index in [9.17, 15) is 8.42 Å². The molecule has 1 heterocycles. The van der Waals surface area contributed by atoms with Gasteiger partial charge in [0.1, 0.15) is 0 Å². The molecular formula is C15H14N2O2S. The summed E-state index contributed by atoms with van der Waals surface area (Å²) in [4.78, 5) is 3.31. The minimum atomic E-state index is -3.58. The van der Waals surface area contributed by atoms with Crippen molar-refractivity contribution in [3.05, 3.63) is 60.3 Å². The Kier molecular flexibility index (Phi) is 2.99. The maximum atomic E-state index is 12.4. The van der Waals surface area contributed by atoms with Crippen LogP contribution < -0.4 is 4.72 Å². The van der Waals surface area contributed by atoms with Gasteiger partial charge in [0.05, 0.1) is 16.1 Å². The number of hydrogen-bond donors (Lipinski definition) is 2. The van der Waals surface area contributed by atoms with Crippen LogP contribution in [0.25, 0.3) is 10.9 Å². The molecular weight excluding hydrogens is 272 g/mol. The second-order valence-electron chi connectivity index (χ2n) is 4.67. The van der Waals surface area contributed by atoms with Gasteiger partial charge in [0.15, 0.2) is 0 Å². The zero-order valence-corrected chi connectivity index (χ0v) is 11.7. The Morgan fingerprint density at radius 1 is 1.05 bits per heavy atom. The average molecular weight is 286 g/mol. The largest absolute Gasteiger partial charge is 0.359 e. The molecule has 2 aromatic carbocycles. The molecule has 3 aromatic rings. The fourth-order valence-corrected chi connectivity index (χ4v) is 3.33. The van der Waals surface area contributed by atoms with E-state index in [4.69, 9.17) is 0 Å². The zero-order chi connectivity index (χ0) is 14.2. The summed E-state index contributed by atoms with van der Waals surface area (Å²) >= 11 is 0. The van der Waals surface area contributed by atoms with Gasteiger partial charge < -0.3 is 4.98 Å². The summed E-state index contributed by atoms with van der Waals surface area (Å²) in [5.74, 6) is 0. The van der Waals surface area contributed by atoms with Gasteiger partial charge in [0, 0.05) is 11.6 Å². The van der Waals surface area contributed by atoms with E-state index in [2.05, 4.69) is 9.71 Å². The number of para-hydroxylation sites is 1. The fourth-order valence-electron chi connectivity index (χ4n) is 2.16. The Morgan fingerprint density at radius 3 is 2.65 bits per heavy atom. The Bertz CT molecular complexity index is 866. The number of rotatable bonds is 3. The Hall–Kier alpha value is -2.27. The predicted octanol–water partition coefficient (Wildman–Crippen LogP) is 3.28. The van der Waals surface area contributed by atoms with E-state index in [1.165, 1.54) is 0 Å². The molecule has 0 spiro atoms. The molecule has 0 saturated heterocycles. The lowest BCUT2D eigenvalue weighted by Crippen LogP contribution is -2.13. The van der Waals surface area contributed by atoms with Crippen LogP contribution in [0.4, 0.5) is 5.69 Å². The van der Waals surface area contributed by atoms with Gasteiger partial charge in [-0.15, -0.1) is 0 Å². The average Bonchev–Trinajstić information content (AvgIpc) is 2.88. The van der Waals surface area contributed by atoms with E-state index in [-0.39, 0.29) is 4.90 Å². The van der Waals surface area contributed by atoms with Crippen LogP contribution in [0.15, 0.2) is 59.6 Å². The third-order valence-electron chi connectivity index (χ3n) is 3.13. The molecule has 0 atom stereocenters. The smallest absolute Gasteiger partial charge is 0.261 e. The summed E-state index contributed by atoms with van der Waals surface area (Å²) in [5.41, 5.74) is 2.24. The van der Waals surface area contributed by atoms with E-state index in [0.717, 1.165) is 16.5 Å². The quantitative estimate of drug-likeness (QED) is 0.776. The number of sulfonamides is 1. The topological polar surface area (TPSA) is 62.0 Å². The van der Waals surface area contributed by atoms with Crippen LogP contribution in [-0.4, -0.2) is 13.4 Å². The highest BCUT2D eigenvalue weighted by Gasteiger charge is 2.15. The first-order chi connectivity index (χ1) is 9.56. The molecule has 4 nitrogen and oxygen atoms in total. The van der Waals surface area contributed by atoms with Gasteiger partial charge in [-0.05, 0) is 36.8 Å². The van der Waals surface area contributed by atoms with Crippen molar-refractivity contribution in [3.8, 4) is 0 Å². The molecule has 0 aliphatic rings.